The molecule has 1 aliphatic rings. The third-order valence-corrected chi connectivity index (χ3v) is 4.17. The predicted molar refractivity (Wildman–Crippen MR) is 93.8 cm³/mol. The van der Waals surface area contributed by atoms with E-state index in [4.69, 9.17) is 4.74 Å². The predicted octanol–water partition coefficient (Wildman–Crippen LogP) is 3.07. The lowest BCUT2D eigenvalue weighted by Crippen LogP contribution is -2.44. The van der Waals surface area contributed by atoms with Crippen LogP contribution in [0.25, 0.3) is 0 Å². The SMILES string of the molecule is O=C(Nc1ccccn1)C1CCCN(C(=O)OCc2ccccc2)C1. The molecule has 2 aromatic rings. The van der Waals surface area contributed by atoms with Gasteiger partial charge in [0.1, 0.15) is 12.4 Å². The van der Waals surface area contributed by atoms with Gasteiger partial charge in [0.25, 0.3) is 0 Å². The van der Waals surface area contributed by atoms with E-state index in [0.29, 0.717) is 18.9 Å². The van der Waals surface area contributed by atoms with Crippen molar-refractivity contribution >= 4 is 17.8 Å². The summed E-state index contributed by atoms with van der Waals surface area (Å²) in [6.45, 7) is 1.22. The number of hydrogen-bond acceptors (Lipinski definition) is 4. The van der Waals surface area contributed by atoms with Crippen LogP contribution in [0.1, 0.15) is 18.4 Å². The van der Waals surface area contributed by atoms with Crippen LogP contribution in [0.15, 0.2) is 54.7 Å². The van der Waals surface area contributed by atoms with E-state index in [1.807, 2.05) is 36.4 Å². The van der Waals surface area contributed by atoms with Gasteiger partial charge in [0, 0.05) is 19.3 Å². The number of nitrogens with one attached hydrogen (secondary N) is 1. The summed E-state index contributed by atoms with van der Waals surface area (Å²) in [6.07, 6.45) is 2.78. The first-order valence-electron chi connectivity index (χ1n) is 8.40. The van der Waals surface area contributed by atoms with E-state index in [1.165, 1.54) is 0 Å². The summed E-state index contributed by atoms with van der Waals surface area (Å²) in [6, 6.07) is 14.9. The number of pyridine rings is 1. The molecule has 0 radical (unpaired) electrons. The van der Waals surface area contributed by atoms with Gasteiger partial charge < -0.3 is 15.0 Å². The van der Waals surface area contributed by atoms with Crippen molar-refractivity contribution in [3.63, 3.8) is 0 Å². The van der Waals surface area contributed by atoms with Crippen molar-refractivity contribution in [3.05, 3.63) is 60.3 Å². The zero-order chi connectivity index (χ0) is 17.5. The minimum atomic E-state index is -0.376. The number of anilines is 1. The van der Waals surface area contributed by atoms with Crippen molar-refractivity contribution < 1.29 is 14.3 Å². The number of benzene rings is 1. The van der Waals surface area contributed by atoms with Crippen LogP contribution in [0.5, 0.6) is 0 Å². The van der Waals surface area contributed by atoms with Crippen LogP contribution in [0, 0.1) is 5.92 Å². The first-order chi connectivity index (χ1) is 12.2. The second-order valence-electron chi connectivity index (χ2n) is 6.03. The molecule has 25 heavy (non-hydrogen) atoms. The zero-order valence-electron chi connectivity index (χ0n) is 13.9. The number of likely N-dealkylation sites (tertiary alicyclic amines) is 1. The van der Waals surface area contributed by atoms with Gasteiger partial charge in [-0.1, -0.05) is 36.4 Å². The average Bonchev–Trinajstić information content (AvgIpc) is 2.68. The largest absolute Gasteiger partial charge is 0.445 e. The molecule has 1 N–H and O–H groups in total. The molecule has 1 aromatic heterocycles. The first-order valence-corrected chi connectivity index (χ1v) is 8.40. The maximum Gasteiger partial charge on any atom is 0.410 e. The van der Waals surface area contributed by atoms with Gasteiger partial charge in [-0.2, -0.15) is 0 Å². The van der Waals surface area contributed by atoms with E-state index < -0.39 is 0 Å². The molecule has 6 heteroatoms. The third-order valence-electron chi connectivity index (χ3n) is 4.17. The van der Waals surface area contributed by atoms with Crippen LogP contribution in [0.4, 0.5) is 10.6 Å². The van der Waals surface area contributed by atoms with E-state index in [-0.39, 0.29) is 24.5 Å². The quantitative estimate of drug-likeness (QED) is 0.929. The number of rotatable bonds is 4. The molecular formula is C19H21N3O3. The maximum atomic E-state index is 12.4. The Hall–Kier alpha value is -2.89. The molecule has 1 unspecified atom stereocenters. The summed E-state index contributed by atoms with van der Waals surface area (Å²) >= 11 is 0. The number of ether oxygens (including phenoxy) is 1. The van der Waals surface area contributed by atoms with Crippen molar-refractivity contribution in [1.82, 2.24) is 9.88 Å². The first kappa shape index (κ1) is 17.0. The molecule has 2 heterocycles. The van der Waals surface area contributed by atoms with Gasteiger partial charge >= 0.3 is 6.09 Å². The van der Waals surface area contributed by atoms with Crippen LogP contribution >= 0.6 is 0 Å². The van der Waals surface area contributed by atoms with Gasteiger partial charge in [0.05, 0.1) is 5.92 Å². The Labute approximate surface area is 146 Å². The second kappa shape index (κ2) is 8.28. The second-order valence-corrected chi connectivity index (χ2v) is 6.03. The highest BCUT2D eigenvalue weighted by atomic mass is 16.6. The minimum absolute atomic E-state index is 0.112. The Kier molecular flexibility index (Phi) is 5.61. The molecule has 0 bridgehead atoms. The molecule has 0 spiro atoms. The number of nitrogens with zero attached hydrogens (tertiary/aromatic N) is 2. The number of hydrogen-bond donors (Lipinski definition) is 1. The van der Waals surface area contributed by atoms with Gasteiger partial charge in [0.15, 0.2) is 0 Å². The van der Waals surface area contributed by atoms with E-state index >= 15 is 0 Å². The summed E-state index contributed by atoms with van der Waals surface area (Å²) in [4.78, 5) is 30.3. The molecule has 1 aromatic carbocycles. The minimum Gasteiger partial charge on any atom is -0.445 e. The smallest absolute Gasteiger partial charge is 0.410 e. The number of carbonyl (C=O) groups excluding carboxylic acids is 2. The highest BCUT2D eigenvalue weighted by Crippen LogP contribution is 2.19. The van der Waals surface area contributed by atoms with E-state index in [2.05, 4.69) is 10.3 Å². The summed E-state index contributed by atoms with van der Waals surface area (Å²) in [5.74, 6) is 0.163. The van der Waals surface area contributed by atoms with Crippen molar-refractivity contribution in [3.8, 4) is 0 Å². The fraction of sp³-hybridized carbons (Fsp3) is 0.316. The third kappa shape index (κ3) is 4.79. The Morgan fingerprint density at radius 2 is 1.96 bits per heavy atom. The molecular weight excluding hydrogens is 318 g/mol. The molecule has 1 fully saturated rings. The highest BCUT2D eigenvalue weighted by molar-refractivity contribution is 5.92. The summed E-state index contributed by atoms with van der Waals surface area (Å²) < 4.78 is 5.36. The van der Waals surface area contributed by atoms with Gasteiger partial charge in [-0.3, -0.25) is 4.79 Å². The molecule has 1 aliphatic heterocycles. The molecule has 6 nitrogen and oxygen atoms in total. The standard InChI is InChI=1S/C19H21N3O3/c23-18(21-17-10-4-5-11-20-17)16-9-6-12-22(13-16)19(24)25-14-15-7-2-1-3-8-15/h1-5,7-8,10-11,16H,6,9,12-14H2,(H,20,21,23). The lowest BCUT2D eigenvalue weighted by Gasteiger charge is -2.31. The highest BCUT2D eigenvalue weighted by Gasteiger charge is 2.29. The zero-order valence-corrected chi connectivity index (χ0v) is 13.9. The number of piperidine rings is 1. The number of carbonyl (C=O) groups is 2. The number of aromatic nitrogens is 1. The number of amides is 2. The van der Waals surface area contributed by atoms with Crippen LogP contribution < -0.4 is 5.32 Å². The lowest BCUT2D eigenvalue weighted by atomic mass is 9.97. The molecule has 1 atom stereocenters. The topological polar surface area (TPSA) is 71.5 Å². The van der Waals surface area contributed by atoms with Crippen LogP contribution in [-0.2, 0) is 16.1 Å². The van der Waals surface area contributed by atoms with E-state index in [1.54, 1.807) is 23.2 Å². The van der Waals surface area contributed by atoms with Crippen molar-refractivity contribution in [2.45, 2.75) is 19.4 Å². The maximum absolute atomic E-state index is 12.4. The van der Waals surface area contributed by atoms with Crippen LogP contribution in [0.2, 0.25) is 0 Å². The average molecular weight is 339 g/mol. The summed E-state index contributed by atoms with van der Waals surface area (Å²) in [5, 5.41) is 2.80. The fourth-order valence-corrected chi connectivity index (χ4v) is 2.83. The van der Waals surface area contributed by atoms with E-state index in [9.17, 15) is 9.59 Å². The molecule has 2 amide bonds. The van der Waals surface area contributed by atoms with Gasteiger partial charge in [-0.15, -0.1) is 0 Å². The Bertz CT molecular complexity index is 706. The monoisotopic (exact) mass is 339 g/mol. The molecule has 1 saturated heterocycles. The van der Waals surface area contributed by atoms with Crippen molar-refractivity contribution in [2.24, 2.45) is 5.92 Å². The molecule has 0 aliphatic carbocycles. The van der Waals surface area contributed by atoms with Gasteiger partial charge in [-0.05, 0) is 30.5 Å². The summed E-state index contributed by atoms with van der Waals surface area (Å²) in [5.41, 5.74) is 0.942. The van der Waals surface area contributed by atoms with Crippen LogP contribution in [-0.4, -0.2) is 35.0 Å². The van der Waals surface area contributed by atoms with E-state index in [0.717, 1.165) is 18.4 Å². The van der Waals surface area contributed by atoms with Crippen molar-refractivity contribution in [1.29, 1.82) is 0 Å². The van der Waals surface area contributed by atoms with Crippen LogP contribution in [0.3, 0.4) is 0 Å². The summed E-state index contributed by atoms with van der Waals surface area (Å²) in [7, 11) is 0. The molecule has 3 rings (SSSR count). The van der Waals surface area contributed by atoms with Gasteiger partial charge in [-0.25, -0.2) is 9.78 Å². The Morgan fingerprint density at radius 1 is 1.16 bits per heavy atom. The molecule has 0 saturated carbocycles. The van der Waals surface area contributed by atoms with Crippen molar-refractivity contribution in [2.75, 3.05) is 18.4 Å². The normalized spacial score (nSPS) is 17.0. The Morgan fingerprint density at radius 3 is 2.72 bits per heavy atom. The lowest BCUT2D eigenvalue weighted by molar-refractivity contribution is -0.121. The molecule has 130 valence electrons. The van der Waals surface area contributed by atoms with Gasteiger partial charge in [0.2, 0.25) is 5.91 Å². The Balaban J connectivity index is 1.51. The fourth-order valence-electron chi connectivity index (χ4n) is 2.83.